The average Bonchev–Trinajstić information content (AvgIpc) is 3.58. The fourth-order valence-electron chi connectivity index (χ4n) is 4.74. The van der Waals surface area contributed by atoms with Crippen LogP contribution in [0.25, 0.3) is 28.2 Å². The molecule has 4 heterocycles. The maximum atomic E-state index is 5.93. The van der Waals surface area contributed by atoms with Crippen LogP contribution in [0, 0.1) is 0 Å². The summed E-state index contributed by atoms with van der Waals surface area (Å²) in [4.78, 5) is 9.08. The van der Waals surface area contributed by atoms with Crippen molar-refractivity contribution in [2.45, 2.75) is 44.6 Å². The first-order chi connectivity index (χ1) is 16.9. The van der Waals surface area contributed by atoms with E-state index in [0.29, 0.717) is 18.3 Å². The molecule has 0 atom stereocenters. The Balaban J connectivity index is 1.36. The fraction of sp³-hybridized carbons (Fsp3) is 0.280. The number of nitrogens with zero attached hydrogens (tertiary/aromatic N) is 7. The highest BCUT2D eigenvalue weighted by molar-refractivity contribution is 5.75. The molecule has 0 unspecified atom stereocenters. The molecule has 1 saturated carbocycles. The lowest BCUT2D eigenvalue weighted by atomic mass is 9.84. The van der Waals surface area contributed by atoms with E-state index < -0.39 is 0 Å². The van der Waals surface area contributed by atoms with Crippen molar-refractivity contribution < 1.29 is 4.74 Å². The highest BCUT2D eigenvalue weighted by Gasteiger charge is 2.25. The van der Waals surface area contributed by atoms with Crippen LogP contribution in [0.5, 0.6) is 5.75 Å². The Bertz CT molecular complexity index is 1370. The van der Waals surface area contributed by atoms with Crippen molar-refractivity contribution in [1.82, 2.24) is 40.2 Å². The second-order valence-electron chi connectivity index (χ2n) is 8.56. The predicted molar refractivity (Wildman–Crippen MR) is 126 cm³/mol. The van der Waals surface area contributed by atoms with Gasteiger partial charge in [0.25, 0.3) is 0 Å². The molecule has 0 radical (unpaired) electrons. The summed E-state index contributed by atoms with van der Waals surface area (Å²) in [6, 6.07) is 14.0. The maximum Gasteiger partial charge on any atom is 0.210 e. The first-order valence-electron chi connectivity index (χ1n) is 11.6. The third kappa shape index (κ3) is 3.89. The van der Waals surface area contributed by atoms with E-state index >= 15 is 0 Å². The maximum absolute atomic E-state index is 5.93. The molecule has 1 aliphatic carbocycles. The van der Waals surface area contributed by atoms with Crippen molar-refractivity contribution in [3.63, 3.8) is 0 Å². The molecule has 0 spiro atoms. The molecule has 1 fully saturated rings. The van der Waals surface area contributed by atoms with Crippen molar-refractivity contribution in [3.05, 3.63) is 72.4 Å². The van der Waals surface area contributed by atoms with Gasteiger partial charge in [-0.15, -0.1) is 10.2 Å². The predicted octanol–water partition coefficient (Wildman–Crippen LogP) is 4.60. The number of aromatic amines is 1. The van der Waals surface area contributed by atoms with Crippen LogP contribution in [0.4, 0.5) is 0 Å². The summed E-state index contributed by atoms with van der Waals surface area (Å²) in [5, 5.41) is 19.2. The minimum atomic E-state index is 0.423. The van der Waals surface area contributed by atoms with Gasteiger partial charge in [0.2, 0.25) is 5.82 Å². The summed E-state index contributed by atoms with van der Waals surface area (Å²) in [6.45, 7) is 0.438. The molecule has 6 rings (SSSR count). The first kappa shape index (κ1) is 20.5. The number of ether oxygens (including phenoxy) is 1. The molecule has 1 N–H and O–H groups in total. The van der Waals surface area contributed by atoms with Crippen LogP contribution in [0.2, 0.25) is 0 Å². The zero-order chi connectivity index (χ0) is 22.7. The molecule has 0 amide bonds. The number of benzene rings is 1. The monoisotopic (exact) mass is 452 g/mol. The fourth-order valence-corrected chi connectivity index (χ4v) is 4.74. The van der Waals surface area contributed by atoms with Crippen LogP contribution in [0.15, 0.2) is 61.1 Å². The SMILES string of the molecule is c1ccc(COc2ccc(-c3cnc4c(-c5nn[nH]n5)cnn4c3C3CCCCC3)cc2)nc1. The van der Waals surface area contributed by atoms with Gasteiger partial charge in [0.15, 0.2) is 5.65 Å². The van der Waals surface area contributed by atoms with E-state index in [4.69, 9.17) is 14.8 Å². The van der Waals surface area contributed by atoms with Crippen LogP contribution in [0.3, 0.4) is 0 Å². The third-order valence-electron chi connectivity index (χ3n) is 6.42. The lowest BCUT2D eigenvalue weighted by Crippen LogP contribution is -2.12. The molecular formula is C25H24N8O. The highest BCUT2D eigenvalue weighted by atomic mass is 16.5. The Kier molecular flexibility index (Phi) is 5.42. The smallest absolute Gasteiger partial charge is 0.210 e. The third-order valence-corrected chi connectivity index (χ3v) is 6.42. The van der Waals surface area contributed by atoms with Crippen molar-refractivity contribution in [1.29, 1.82) is 0 Å². The minimum absolute atomic E-state index is 0.423. The van der Waals surface area contributed by atoms with E-state index in [1.54, 1.807) is 12.4 Å². The molecule has 9 heteroatoms. The van der Waals surface area contributed by atoms with Crippen LogP contribution < -0.4 is 4.74 Å². The van der Waals surface area contributed by atoms with Gasteiger partial charge in [-0.25, -0.2) is 9.50 Å². The van der Waals surface area contributed by atoms with Gasteiger partial charge in [0.05, 0.1) is 23.1 Å². The largest absolute Gasteiger partial charge is 0.487 e. The van der Waals surface area contributed by atoms with Crippen LogP contribution in [0.1, 0.15) is 49.4 Å². The Hall–Kier alpha value is -4.14. The lowest BCUT2D eigenvalue weighted by Gasteiger charge is -2.25. The van der Waals surface area contributed by atoms with E-state index in [1.165, 1.54) is 25.0 Å². The summed E-state index contributed by atoms with van der Waals surface area (Å²) in [5.74, 6) is 1.73. The normalized spacial score (nSPS) is 14.5. The molecule has 170 valence electrons. The number of hydrogen-bond donors (Lipinski definition) is 1. The van der Waals surface area contributed by atoms with Gasteiger partial charge in [0, 0.05) is 23.9 Å². The van der Waals surface area contributed by atoms with Gasteiger partial charge in [-0.1, -0.05) is 37.5 Å². The Labute approximate surface area is 196 Å². The van der Waals surface area contributed by atoms with Gasteiger partial charge in [-0.2, -0.15) is 10.3 Å². The van der Waals surface area contributed by atoms with E-state index in [0.717, 1.165) is 46.6 Å². The van der Waals surface area contributed by atoms with Crippen molar-refractivity contribution in [2.75, 3.05) is 0 Å². The lowest BCUT2D eigenvalue weighted by molar-refractivity contribution is 0.301. The summed E-state index contributed by atoms with van der Waals surface area (Å²) < 4.78 is 7.90. The molecule has 1 aliphatic rings. The van der Waals surface area contributed by atoms with E-state index in [2.05, 4.69) is 37.7 Å². The summed E-state index contributed by atoms with van der Waals surface area (Å²) in [7, 11) is 0. The average molecular weight is 453 g/mol. The number of fused-ring (bicyclic) bond motifs is 1. The van der Waals surface area contributed by atoms with E-state index in [-0.39, 0.29) is 0 Å². The van der Waals surface area contributed by atoms with Crippen molar-refractivity contribution in [2.24, 2.45) is 0 Å². The van der Waals surface area contributed by atoms with Crippen LogP contribution in [-0.2, 0) is 6.61 Å². The van der Waals surface area contributed by atoms with Gasteiger partial charge >= 0.3 is 0 Å². The summed E-state index contributed by atoms with van der Waals surface area (Å²) >= 11 is 0. The number of aromatic nitrogens is 8. The Morgan fingerprint density at radius 2 is 1.82 bits per heavy atom. The van der Waals surface area contributed by atoms with Gasteiger partial charge < -0.3 is 4.74 Å². The molecule has 1 aromatic carbocycles. The molecular weight excluding hydrogens is 428 g/mol. The molecule has 4 aromatic heterocycles. The number of H-pyrrole nitrogens is 1. The number of hydrogen-bond acceptors (Lipinski definition) is 7. The van der Waals surface area contributed by atoms with Gasteiger partial charge in [-0.3, -0.25) is 4.98 Å². The number of tetrazole rings is 1. The second kappa shape index (κ2) is 9.01. The Morgan fingerprint density at radius 3 is 2.59 bits per heavy atom. The van der Waals surface area contributed by atoms with E-state index in [9.17, 15) is 0 Å². The first-order valence-corrected chi connectivity index (χ1v) is 11.6. The summed E-state index contributed by atoms with van der Waals surface area (Å²) in [5.41, 5.74) is 5.81. The Morgan fingerprint density at radius 1 is 0.941 bits per heavy atom. The second-order valence-corrected chi connectivity index (χ2v) is 8.56. The zero-order valence-electron chi connectivity index (χ0n) is 18.6. The molecule has 0 aliphatic heterocycles. The zero-order valence-corrected chi connectivity index (χ0v) is 18.6. The highest BCUT2D eigenvalue weighted by Crippen LogP contribution is 2.39. The molecule has 0 bridgehead atoms. The van der Waals surface area contributed by atoms with Crippen molar-refractivity contribution in [3.8, 4) is 28.3 Å². The number of rotatable bonds is 6. The van der Waals surface area contributed by atoms with Gasteiger partial charge in [0.1, 0.15) is 12.4 Å². The van der Waals surface area contributed by atoms with Crippen LogP contribution >= 0.6 is 0 Å². The molecule has 9 nitrogen and oxygen atoms in total. The van der Waals surface area contributed by atoms with Crippen LogP contribution in [-0.4, -0.2) is 40.2 Å². The standard InChI is InChI=1S/C25H24N8O/c1-2-6-18(7-3-1)23-21(14-27-25-22(15-28-33(23)25)24-29-31-32-30-24)17-9-11-20(12-10-17)34-16-19-8-4-5-13-26-19/h4-5,8-15,18H,1-3,6-7,16H2,(H,29,30,31,32). The number of nitrogens with one attached hydrogen (secondary N) is 1. The minimum Gasteiger partial charge on any atom is -0.487 e. The van der Waals surface area contributed by atoms with E-state index in [1.807, 2.05) is 41.0 Å². The van der Waals surface area contributed by atoms with Gasteiger partial charge in [-0.05, 0) is 47.9 Å². The quantitative estimate of drug-likeness (QED) is 0.401. The number of pyridine rings is 1. The molecule has 0 saturated heterocycles. The van der Waals surface area contributed by atoms with Crippen molar-refractivity contribution >= 4 is 5.65 Å². The molecule has 5 aromatic rings. The molecule has 34 heavy (non-hydrogen) atoms. The summed E-state index contributed by atoms with van der Waals surface area (Å²) in [6.07, 6.45) is 11.5. The topological polar surface area (TPSA) is 107 Å².